The highest BCUT2D eigenvalue weighted by Gasteiger charge is 2.13. The molecule has 1 aromatic carbocycles. The number of carbonyl (C=O) groups is 1. The Balaban J connectivity index is 2.28. The first-order valence-corrected chi connectivity index (χ1v) is 5.65. The van der Waals surface area contributed by atoms with Crippen LogP contribution in [0.3, 0.4) is 0 Å². The van der Waals surface area contributed by atoms with Crippen LogP contribution in [0.15, 0.2) is 30.7 Å². The van der Waals surface area contributed by atoms with Crippen molar-refractivity contribution in [1.29, 1.82) is 0 Å². The summed E-state index contributed by atoms with van der Waals surface area (Å²) < 4.78 is 0. The number of rotatable bonds is 2. The van der Waals surface area contributed by atoms with Crippen LogP contribution >= 0.6 is 23.2 Å². The predicted octanol–water partition coefficient (Wildman–Crippen LogP) is 2.62. The normalized spacial score (nSPS) is 10.1. The highest BCUT2D eigenvalue weighted by Crippen LogP contribution is 2.32. The molecule has 0 aliphatic rings. The van der Waals surface area contributed by atoms with E-state index in [4.69, 9.17) is 28.9 Å². The first-order chi connectivity index (χ1) is 8.58. The molecule has 7 heteroatoms. The van der Waals surface area contributed by atoms with Crippen molar-refractivity contribution in [2.45, 2.75) is 0 Å². The molecule has 0 saturated carbocycles. The lowest BCUT2D eigenvalue weighted by molar-refractivity contribution is 0.102. The van der Waals surface area contributed by atoms with E-state index in [1.807, 2.05) is 0 Å². The van der Waals surface area contributed by atoms with Crippen molar-refractivity contribution in [1.82, 2.24) is 9.97 Å². The fraction of sp³-hybridized carbons (Fsp3) is 0. The summed E-state index contributed by atoms with van der Waals surface area (Å²) in [6.45, 7) is 0. The van der Waals surface area contributed by atoms with Crippen LogP contribution in [0.1, 0.15) is 10.5 Å². The van der Waals surface area contributed by atoms with Crippen molar-refractivity contribution < 1.29 is 4.79 Å². The second kappa shape index (κ2) is 5.20. The minimum absolute atomic E-state index is 0.169. The van der Waals surface area contributed by atoms with E-state index in [1.54, 1.807) is 0 Å². The highest BCUT2D eigenvalue weighted by molar-refractivity contribution is 6.37. The lowest BCUT2D eigenvalue weighted by Gasteiger charge is -2.10. The molecule has 2 rings (SSSR count). The Labute approximate surface area is 113 Å². The lowest BCUT2D eigenvalue weighted by atomic mass is 10.2. The Morgan fingerprint density at radius 1 is 1.28 bits per heavy atom. The average molecular weight is 283 g/mol. The van der Waals surface area contributed by atoms with E-state index < -0.39 is 5.91 Å². The van der Waals surface area contributed by atoms with Gasteiger partial charge in [0, 0.05) is 17.4 Å². The molecule has 0 fully saturated rings. The monoisotopic (exact) mass is 282 g/mol. The molecule has 0 atom stereocenters. The fourth-order valence-electron chi connectivity index (χ4n) is 1.32. The molecule has 2 aromatic rings. The molecule has 0 aliphatic carbocycles. The van der Waals surface area contributed by atoms with Crippen LogP contribution in [0.25, 0.3) is 0 Å². The standard InChI is InChI=1S/C11H8Cl2N4O/c12-6-3-7(13)10(8(14)4-6)17-11(18)9-5-15-1-2-16-9/h1-5H,14H2,(H,17,18). The number of nitrogen functional groups attached to an aromatic ring is 1. The average Bonchev–Trinajstić information content (AvgIpc) is 2.34. The number of halogens is 2. The van der Waals surface area contributed by atoms with Gasteiger partial charge in [-0.05, 0) is 12.1 Å². The van der Waals surface area contributed by atoms with Crippen molar-refractivity contribution in [2.24, 2.45) is 0 Å². The van der Waals surface area contributed by atoms with Crippen LogP contribution in [0, 0.1) is 0 Å². The van der Waals surface area contributed by atoms with E-state index in [9.17, 15) is 4.79 Å². The second-order valence-electron chi connectivity index (χ2n) is 3.40. The van der Waals surface area contributed by atoms with E-state index >= 15 is 0 Å². The zero-order valence-corrected chi connectivity index (χ0v) is 10.5. The van der Waals surface area contributed by atoms with Crippen LogP contribution in [0.2, 0.25) is 10.0 Å². The molecule has 1 heterocycles. The number of nitrogens with one attached hydrogen (secondary N) is 1. The molecule has 1 amide bonds. The fourth-order valence-corrected chi connectivity index (χ4v) is 1.88. The van der Waals surface area contributed by atoms with E-state index in [-0.39, 0.29) is 16.4 Å². The summed E-state index contributed by atoms with van der Waals surface area (Å²) in [7, 11) is 0. The summed E-state index contributed by atoms with van der Waals surface area (Å²) in [5.74, 6) is -0.445. The molecule has 1 aromatic heterocycles. The van der Waals surface area contributed by atoms with Crippen molar-refractivity contribution in [3.05, 3.63) is 46.5 Å². The van der Waals surface area contributed by atoms with Gasteiger partial charge in [-0.1, -0.05) is 23.2 Å². The van der Waals surface area contributed by atoms with E-state index in [0.717, 1.165) is 0 Å². The number of hydrogen-bond acceptors (Lipinski definition) is 4. The van der Waals surface area contributed by atoms with Crippen molar-refractivity contribution >= 4 is 40.5 Å². The van der Waals surface area contributed by atoms with Gasteiger partial charge in [0.05, 0.1) is 22.6 Å². The highest BCUT2D eigenvalue weighted by atomic mass is 35.5. The Kier molecular flexibility index (Phi) is 3.64. The maximum Gasteiger partial charge on any atom is 0.275 e. The van der Waals surface area contributed by atoms with Crippen LogP contribution in [0.4, 0.5) is 11.4 Å². The van der Waals surface area contributed by atoms with Crippen molar-refractivity contribution in [2.75, 3.05) is 11.1 Å². The van der Waals surface area contributed by atoms with Gasteiger partial charge in [-0.15, -0.1) is 0 Å². The lowest BCUT2D eigenvalue weighted by Crippen LogP contribution is -2.15. The van der Waals surface area contributed by atoms with Gasteiger partial charge in [0.25, 0.3) is 5.91 Å². The third kappa shape index (κ3) is 2.69. The number of nitrogens with zero attached hydrogens (tertiary/aromatic N) is 2. The maximum absolute atomic E-state index is 11.8. The number of nitrogens with two attached hydrogens (primary N) is 1. The summed E-state index contributed by atoms with van der Waals surface area (Å²) >= 11 is 11.7. The van der Waals surface area contributed by atoms with Gasteiger partial charge in [-0.3, -0.25) is 9.78 Å². The van der Waals surface area contributed by atoms with Crippen LogP contribution in [-0.4, -0.2) is 15.9 Å². The van der Waals surface area contributed by atoms with Gasteiger partial charge in [-0.25, -0.2) is 4.98 Å². The summed E-state index contributed by atoms with van der Waals surface area (Å²) in [6, 6.07) is 2.99. The summed E-state index contributed by atoms with van der Waals surface area (Å²) in [6.07, 6.45) is 4.23. The molecule has 18 heavy (non-hydrogen) atoms. The summed E-state index contributed by atoms with van der Waals surface area (Å²) in [5, 5.41) is 3.22. The molecule has 0 bridgehead atoms. The largest absolute Gasteiger partial charge is 0.397 e. The molecule has 5 nitrogen and oxygen atoms in total. The maximum atomic E-state index is 11.8. The van der Waals surface area contributed by atoms with Crippen LogP contribution in [0.5, 0.6) is 0 Å². The molecule has 0 unspecified atom stereocenters. The third-order valence-electron chi connectivity index (χ3n) is 2.12. The zero-order valence-electron chi connectivity index (χ0n) is 9.02. The second-order valence-corrected chi connectivity index (χ2v) is 4.24. The van der Waals surface area contributed by atoms with Crippen LogP contribution < -0.4 is 11.1 Å². The van der Waals surface area contributed by atoms with E-state index in [1.165, 1.54) is 30.7 Å². The molecule has 0 saturated heterocycles. The Morgan fingerprint density at radius 3 is 2.67 bits per heavy atom. The molecular weight excluding hydrogens is 275 g/mol. The van der Waals surface area contributed by atoms with Crippen LogP contribution in [-0.2, 0) is 0 Å². The van der Waals surface area contributed by atoms with Crippen molar-refractivity contribution in [3.8, 4) is 0 Å². The number of aromatic nitrogens is 2. The quantitative estimate of drug-likeness (QED) is 0.830. The van der Waals surface area contributed by atoms with Gasteiger partial charge in [-0.2, -0.15) is 0 Å². The van der Waals surface area contributed by atoms with Gasteiger partial charge in [0.1, 0.15) is 5.69 Å². The number of anilines is 2. The number of carbonyl (C=O) groups excluding carboxylic acids is 1. The number of amides is 1. The first-order valence-electron chi connectivity index (χ1n) is 4.90. The predicted molar refractivity (Wildman–Crippen MR) is 70.9 cm³/mol. The van der Waals surface area contributed by atoms with Crippen molar-refractivity contribution in [3.63, 3.8) is 0 Å². The molecule has 0 aliphatic heterocycles. The Hall–Kier alpha value is -1.85. The minimum atomic E-state index is -0.445. The number of hydrogen-bond donors (Lipinski definition) is 2. The van der Waals surface area contributed by atoms with Gasteiger partial charge in [0.15, 0.2) is 0 Å². The number of benzene rings is 1. The summed E-state index contributed by atoms with van der Waals surface area (Å²) in [4.78, 5) is 19.5. The smallest absolute Gasteiger partial charge is 0.275 e. The van der Waals surface area contributed by atoms with E-state index in [0.29, 0.717) is 10.7 Å². The first kappa shape index (κ1) is 12.6. The molecule has 3 N–H and O–H groups in total. The topological polar surface area (TPSA) is 80.9 Å². The SMILES string of the molecule is Nc1cc(Cl)cc(Cl)c1NC(=O)c1cnccn1. The van der Waals surface area contributed by atoms with E-state index in [2.05, 4.69) is 15.3 Å². The summed E-state index contributed by atoms with van der Waals surface area (Å²) in [5.41, 5.74) is 6.48. The molecule has 92 valence electrons. The minimum Gasteiger partial charge on any atom is -0.397 e. The molecule has 0 radical (unpaired) electrons. The molecule has 0 spiro atoms. The van der Waals surface area contributed by atoms with Gasteiger partial charge < -0.3 is 11.1 Å². The Morgan fingerprint density at radius 2 is 2.06 bits per heavy atom. The van der Waals surface area contributed by atoms with Gasteiger partial charge >= 0.3 is 0 Å². The Bertz CT molecular complexity index is 566. The zero-order chi connectivity index (χ0) is 13.1. The molecular formula is C11H8Cl2N4O. The van der Waals surface area contributed by atoms with Gasteiger partial charge in [0.2, 0.25) is 0 Å². The third-order valence-corrected chi connectivity index (χ3v) is 2.64.